The summed E-state index contributed by atoms with van der Waals surface area (Å²) in [6.45, 7) is 1.84. The van der Waals surface area contributed by atoms with Crippen LogP contribution in [0.15, 0.2) is 66.2 Å². The molecule has 1 aliphatic heterocycles. The molecule has 3 aromatic rings. The fourth-order valence-electron chi connectivity index (χ4n) is 4.30. The molecule has 0 unspecified atom stereocenters. The summed E-state index contributed by atoms with van der Waals surface area (Å²) < 4.78 is 91.1. The monoisotopic (exact) mass is 585 g/mol. The highest BCUT2D eigenvalue weighted by atomic mass is 19.4. The van der Waals surface area contributed by atoms with Crippen LogP contribution in [0.25, 0.3) is 16.9 Å². The van der Waals surface area contributed by atoms with Crippen molar-refractivity contribution in [1.29, 1.82) is 0 Å². The number of nitrogens with zero attached hydrogens (tertiary/aromatic N) is 3. The van der Waals surface area contributed by atoms with Gasteiger partial charge in [-0.15, -0.1) is 0 Å². The van der Waals surface area contributed by atoms with Crippen LogP contribution in [0, 0.1) is 0 Å². The maximum Gasteiger partial charge on any atom is 0.499 e. The molecule has 2 aromatic carbocycles. The van der Waals surface area contributed by atoms with Crippen molar-refractivity contribution in [2.45, 2.75) is 49.9 Å². The molecule has 4 rings (SSSR count). The van der Waals surface area contributed by atoms with Gasteiger partial charge in [-0.25, -0.2) is 4.98 Å². The molecule has 1 aliphatic rings. The Kier molecular flexibility index (Phi) is 9.27. The SMILES string of the molecule is CO[C@@H]1[C@@H](OC)[C@H](C)O[C@@H](O/N=C/c2ccc(-c3cn(-c4ccc(OC(F)(F)C(F)(F)F)cc4)cn3)cc2)[C@@H]1OC. The first-order valence-corrected chi connectivity index (χ1v) is 12.3. The molecule has 2 heterocycles. The Morgan fingerprint density at radius 3 is 2.10 bits per heavy atom. The second-order valence-corrected chi connectivity index (χ2v) is 9.05. The van der Waals surface area contributed by atoms with Gasteiger partial charge < -0.3 is 33.1 Å². The normalized spacial score (nSPS) is 23.6. The highest BCUT2D eigenvalue weighted by molar-refractivity contribution is 5.80. The van der Waals surface area contributed by atoms with Crippen molar-refractivity contribution in [3.05, 3.63) is 66.6 Å². The minimum absolute atomic E-state index is 0.318. The van der Waals surface area contributed by atoms with Gasteiger partial charge in [-0.05, 0) is 36.8 Å². The summed E-state index contributed by atoms with van der Waals surface area (Å²) in [6, 6.07) is 11.9. The Morgan fingerprint density at radius 2 is 1.51 bits per heavy atom. The largest absolute Gasteiger partial charge is 0.499 e. The molecule has 0 amide bonds. The van der Waals surface area contributed by atoms with E-state index >= 15 is 0 Å². The molecule has 0 spiro atoms. The summed E-state index contributed by atoms with van der Waals surface area (Å²) in [5.41, 5.74) is 2.58. The molecule has 5 atom stereocenters. The van der Waals surface area contributed by atoms with Gasteiger partial charge in [0, 0.05) is 38.8 Å². The number of oxime groups is 1. The third-order valence-electron chi connectivity index (χ3n) is 6.41. The molecular formula is C27H28F5N3O6. The van der Waals surface area contributed by atoms with Crippen LogP contribution in [0.1, 0.15) is 12.5 Å². The van der Waals surface area contributed by atoms with Crippen molar-refractivity contribution in [3.63, 3.8) is 0 Å². The lowest BCUT2D eigenvalue weighted by Crippen LogP contribution is -2.59. The number of rotatable bonds is 10. The zero-order chi connectivity index (χ0) is 29.8. The number of imidazole rings is 1. The van der Waals surface area contributed by atoms with Crippen LogP contribution in [0.4, 0.5) is 22.0 Å². The predicted octanol–water partition coefficient (Wildman–Crippen LogP) is 5.21. The van der Waals surface area contributed by atoms with Crippen LogP contribution in [0.3, 0.4) is 0 Å². The molecule has 1 saturated heterocycles. The van der Waals surface area contributed by atoms with Gasteiger partial charge in [0.25, 0.3) is 6.29 Å². The van der Waals surface area contributed by atoms with E-state index in [0.29, 0.717) is 11.4 Å². The van der Waals surface area contributed by atoms with Gasteiger partial charge in [0.2, 0.25) is 0 Å². The van der Waals surface area contributed by atoms with Crippen molar-refractivity contribution < 1.29 is 50.5 Å². The number of ether oxygens (including phenoxy) is 5. The third kappa shape index (κ3) is 6.84. The highest BCUT2D eigenvalue weighted by Crippen LogP contribution is 2.37. The van der Waals surface area contributed by atoms with Crippen LogP contribution in [0.2, 0.25) is 0 Å². The van der Waals surface area contributed by atoms with Gasteiger partial charge in [0.1, 0.15) is 18.0 Å². The van der Waals surface area contributed by atoms with Gasteiger partial charge >= 0.3 is 12.3 Å². The number of methoxy groups -OCH3 is 3. The third-order valence-corrected chi connectivity index (χ3v) is 6.41. The van der Waals surface area contributed by atoms with E-state index in [-0.39, 0.29) is 12.2 Å². The van der Waals surface area contributed by atoms with Crippen molar-refractivity contribution in [1.82, 2.24) is 9.55 Å². The average molecular weight is 586 g/mol. The molecule has 1 aromatic heterocycles. The fraction of sp³-hybridized carbons (Fsp3) is 0.407. The quantitative estimate of drug-likeness (QED) is 0.183. The number of halogens is 5. The lowest BCUT2D eigenvalue weighted by molar-refractivity contribution is -0.360. The van der Waals surface area contributed by atoms with E-state index in [0.717, 1.165) is 23.3 Å². The van der Waals surface area contributed by atoms with E-state index in [2.05, 4.69) is 14.9 Å². The van der Waals surface area contributed by atoms with Crippen LogP contribution < -0.4 is 4.74 Å². The van der Waals surface area contributed by atoms with Crippen LogP contribution in [-0.4, -0.2) is 80.1 Å². The van der Waals surface area contributed by atoms with E-state index in [1.54, 1.807) is 37.1 Å². The Balaban J connectivity index is 1.38. The summed E-state index contributed by atoms with van der Waals surface area (Å²) in [5.74, 6) is -0.627. The van der Waals surface area contributed by atoms with Crippen LogP contribution >= 0.6 is 0 Å². The maximum atomic E-state index is 13.1. The number of hydrogen-bond donors (Lipinski definition) is 0. The maximum absolute atomic E-state index is 13.1. The molecule has 1 fully saturated rings. The summed E-state index contributed by atoms with van der Waals surface area (Å²) in [6.07, 6.45) is -8.90. The predicted molar refractivity (Wildman–Crippen MR) is 136 cm³/mol. The van der Waals surface area contributed by atoms with Crippen molar-refractivity contribution in [2.24, 2.45) is 5.16 Å². The van der Waals surface area contributed by atoms with E-state index in [9.17, 15) is 22.0 Å². The fourth-order valence-corrected chi connectivity index (χ4v) is 4.30. The van der Waals surface area contributed by atoms with Gasteiger partial charge in [0.05, 0.1) is 24.3 Å². The Hall–Kier alpha value is -3.59. The summed E-state index contributed by atoms with van der Waals surface area (Å²) in [4.78, 5) is 9.90. The number of alkyl halides is 5. The first-order valence-electron chi connectivity index (χ1n) is 12.3. The average Bonchev–Trinajstić information content (AvgIpc) is 3.43. The number of aromatic nitrogens is 2. The molecule has 0 bridgehead atoms. The van der Waals surface area contributed by atoms with E-state index in [1.807, 2.05) is 19.1 Å². The second-order valence-electron chi connectivity index (χ2n) is 9.05. The summed E-state index contributed by atoms with van der Waals surface area (Å²) in [7, 11) is 4.65. The Bertz CT molecular complexity index is 1300. The van der Waals surface area contributed by atoms with Crippen molar-refractivity contribution >= 4 is 6.21 Å². The summed E-state index contributed by atoms with van der Waals surface area (Å²) >= 11 is 0. The van der Waals surface area contributed by atoms with Crippen LogP contribution in [-0.2, 0) is 23.8 Å². The van der Waals surface area contributed by atoms with Gasteiger partial charge in [0.15, 0.2) is 6.10 Å². The molecule has 222 valence electrons. The van der Waals surface area contributed by atoms with Crippen molar-refractivity contribution in [2.75, 3.05) is 21.3 Å². The van der Waals surface area contributed by atoms with Gasteiger partial charge in [-0.2, -0.15) is 22.0 Å². The molecule has 0 N–H and O–H groups in total. The zero-order valence-electron chi connectivity index (χ0n) is 22.4. The second kappa shape index (κ2) is 12.5. The smallest absolute Gasteiger partial charge is 0.426 e. The molecule has 9 nitrogen and oxygen atoms in total. The number of hydrogen-bond acceptors (Lipinski definition) is 8. The van der Waals surface area contributed by atoms with Gasteiger partial charge in [-0.3, -0.25) is 0 Å². The number of benzene rings is 2. The lowest BCUT2D eigenvalue weighted by atomic mass is 9.99. The molecule has 41 heavy (non-hydrogen) atoms. The summed E-state index contributed by atoms with van der Waals surface area (Å²) in [5, 5.41) is 4.04. The standard InChI is InChI=1S/C27H28F5N3O6/c1-16-22(36-2)23(37-3)24(38-4)25(39-16)41-34-13-17-5-7-18(8-6-17)21-14-35(15-33-21)19-9-11-20(12-10-19)40-27(31,32)26(28,29)30/h5-16,22-25H,1-4H3/b34-13+/t16-,22-,23+,24+,25-/m0/s1. The Morgan fingerprint density at radius 1 is 0.878 bits per heavy atom. The van der Waals surface area contributed by atoms with E-state index in [4.69, 9.17) is 23.8 Å². The van der Waals surface area contributed by atoms with Crippen LogP contribution in [0.5, 0.6) is 5.75 Å². The van der Waals surface area contributed by atoms with Gasteiger partial charge in [-0.1, -0.05) is 29.4 Å². The molecule has 0 saturated carbocycles. The van der Waals surface area contributed by atoms with Crippen molar-refractivity contribution in [3.8, 4) is 22.7 Å². The highest BCUT2D eigenvalue weighted by Gasteiger charge is 2.61. The first kappa shape index (κ1) is 30.4. The molecule has 0 aliphatic carbocycles. The minimum atomic E-state index is -5.82. The zero-order valence-corrected chi connectivity index (χ0v) is 22.4. The topological polar surface area (TPSA) is 85.6 Å². The first-order chi connectivity index (χ1) is 19.5. The lowest BCUT2D eigenvalue weighted by Gasteiger charge is -2.42. The molecular weight excluding hydrogens is 557 g/mol. The molecule has 0 radical (unpaired) electrons. The minimum Gasteiger partial charge on any atom is -0.426 e. The Labute approximate surface area is 232 Å². The molecule has 14 heteroatoms. The van der Waals surface area contributed by atoms with E-state index < -0.39 is 36.5 Å². The van der Waals surface area contributed by atoms with E-state index in [1.165, 1.54) is 31.8 Å².